The lowest BCUT2D eigenvalue weighted by atomic mass is 10.0. The van der Waals surface area contributed by atoms with Gasteiger partial charge in [-0.05, 0) is 44.4 Å². The molecule has 0 radical (unpaired) electrons. The van der Waals surface area contributed by atoms with E-state index in [1.54, 1.807) is 24.6 Å². The summed E-state index contributed by atoms with van der Waals surface area (Å²) in [6, 6.07) is 4.33. The summed E-state index contributed by atoms with van der Waals surface area (Å²) in [5.41, 5.74) is 4.11. The van der Waals surface area contributed by atoms with Crippen molar-refractivity contribution in [1.82, 2.24) is 19.9 Å². The topological polar surface area (TPSA) is 64.0 Å². The standard InChI is InChI=1S/C22H25N5OS/c1-15(2)27-10-8-16(7-5-11-28-3)20-21(27)24-13-18(26-20)19-14-25-22(29-19)17-6-4-9-23-12-17/h4,6-7,9,12-15H,5,8,10-11H2,1-3H3. The predicted molar refractivity (Wildman–Crippen MR) is 118 cm³/mol. The SMILES string of the molecule is COCCC=C1CCN(C(C)C)c2ncc(-c3cnc(-c4cccnc4)s3)nc21. The van der Waals surface area contributed by atoms with Crippen molar-refractivity contribution in [3.63, 3.8) is 0 Å². The second-order valence-corrected chi connectivity index (χ2v) is 8.28. The zero-order valence-corrected chi connectivity index (χ0v) is 17.8. The molecule has 0 bridgehead atoms. The van der Waals surface area contributed by atoms with Gasteiger partial charge in [0.2, 0.25) is 0 Å². The van der Waals surface area contributed by atoms with Crippen LogP contribution < -0.4 is 4.90 Å². The minimum atomic E-state index is 0.384. The van der Waals surface area contributed by atoms with Crippen LogP contribution in [0.2, 0.25) is 0 Å². The van der Waals surface area contributed by atoms with E-state index in [1.807, 2.05) is 30.7 Å². The highest BCUT2D eigenvalue weighted by Gasteiger charge is 2.26. The Kier molecular flexibility index (Phi) is 5.97. The molecule has 29 heavy (non-hydrogen) atoms. The van der Waals surface area contributed by atoms with Crippen LogP contribution in [0, 0.1) is 0 Å². The van der Waals surface area contributed by atoms with E-state index in [-0.39, 0.29) is 0 Å². The van der Waals surface area contributed by atoms with Gasteiger partial charge in [-0.3, -0.25) is 4.98 Å². The van der Waals surface area contributed by atoms with Crippen molar-refractivity contribution in [2.24, 2.45) is 0 Å². The number of fused-ring (bicyclic) bond motifs is 1. The minimum absolute atomic E-state index is 0.384. The Morgan fingerprint density at radius 2 is 2.14 bits per heavy atom. The number of anilines is 1. The molecule has 0 saturated heterocycles. The molecule has 7 heteroatoms. The molecule has 6 nitrogen and oxygen atoms in total. The van der Waals surface area contributed by atoms with Crippen molar-refractivity contribution in [2.75, 3.05) is 25.2 Å². The highest BCUT2D eigenvalue weighted by molar-refractivity contribution is 7.18. The molecule has 3 aromatic rings. The fraction of sp³-hybridized carbons (Fsp3) is 0.364. The van der Waals surface area contributed by atoms with E-state index < -0.39 is 0 Å². The zero-order valence-electron chi connectivity index (χ0n) is 17.0. The van der Waals surface area contributed by atoms with Gasteiger partial charge in [0, 0.05) is 50.5 Å². The van der Waals surface area contributed by atoms with E-state index >= 15 is 0 Å². The summed E-state index contributed by atoms with van der Waals surface area (Å²) in [6.45, 7) is 6.07. The molecular formula is C22H25N5OS. The Morgan fingerprint density at radius 3 is 2.90 bits per heavy atom. The van der Waals surface area contributed by atoms with Crippen LogP contribution in [0.3, 0.4) is 0 Å². The van der Waals surface area contributed by atoms with Gasteiger partial charge in [-0.2, -0.15) is 0 Å². The van der Waals surface area contributed by atoms with E-state index in [0.29, 0.717) is 12.6 Å². The monoisotopic (exact) mass is 407 g/mol. The third-order valence-electron chi connectivity index (χ3n) is 4.95. The summed E-state index contributed by atoms with van der Waals surface area (Å²) in [4.78, 5) is 21.9. The smallest absolute Gasteiger partial charge is 0.155 e. The third-order valence-corrected chi connectivity index (χ3v) is 6.02. The Morgan fingerprint density at radius 1 is 1.24 bits per heavy atom. The van der Waals surface area contributed by atoms with Gasteiger partial charge in [-0.15, -0.1) is 11.3 Å². The maximum Gasteiger partial charge on any atom is 0.155 e. The van der Waals surface area contributed by atoms with E-state index in [4.69, 9.17) is 14.7 Å². The van der Waals surface area contributed by atoms with E-state index in [2.05, 4.69) is 34.8 Å². The normalized spacial score (nSPS) is 15.2. The van der Waals surface area contributed by atoms with Gasteiger partial charge >= 0.3 is 0 Å². The molecule has 0 spiro atoms. The molecule has 0 N–H and O–H groups in total. The van der Waals surface area contributed by atoms with E-state index in [1.165, 1.54) is 5.57 Å². The summed E-state index contributed by atoms with van der Waals surface area (Å²) in [5.74, 6) is 0.968. The second kappa shape index (κ2) is 8.80. The summed E-state index contributed by atoms with van der Waals surface area (Å²) >= 11 is 1.61. The summed E-state index contributed by atoms with van der Waals surface area (Å²) in [7, 11) is 1.73. The number of ether oxygens (including phenoxy) is 1. The first kappa shape index (κ1) is 19.7. The molecule has 0 amide bonds. The number of nitrogens with zero attached hydrogens (tertiary/aromatic N) is 5. The molecule has 0 aromatic carbocycles. The predicted octanol–water partition coefficient (Wildman–Crippen LogP) is 4.70. The average molecular weight is 408 g/mol. The molecule has 0 atom stereocenters. The molecule has 0 aliphatic carbocycles. The average Bonchev–Trinajstić information content (AvgIpc) is 3.24. The molecule has 1 aliphatic rings. The summed E-state index contributed by atoms with van der Waals surface area (Å²) < 4.78 is 5.22. The van der Waals surface area contributed by atoms with Gasteiger partial charge in [0.1, 0.15) is 16.4 Å². The van der Waals surface area contributed by atoms with Crippen LogP contribution in [0.15, 0.2) is 43.0 Å². The Hall–Kier alpha value is -2.64. The lowest BCUT2D eigenvalue weighted by Gasteiger charge is -2.34. The van der Waals surface area contributed by atoms with E-state index in [0.717, 1.165) is 52.0 Å². The first-order valence-corrected chi connectivity index (χ1v) is 10.7. The molecule has 4 rings (SSSR count). The summed E-state index contributed by atoms with van der Waals surface area (Å²) in [6.07, 6.45) is 11.4. The Labute approximate surface area is 175 Å². The minimum Gasteiger partial charge on any atom is -0.384 e. The Balaban J connectivity index is 1.71. The Bertz CT molecular complexity index is 999. The number of methoxy groups -OCH3 is 1. The van der Waals surface area contributed by atoms with Crippen LogP contribution in [0.1, 0.15) is 32.4 Å². The van der Waals surface area contributed by atoms with Gasteiger partial charge in [-0.25, -0.2) is 15.0 Å². The fourth-order valence-electron chi connectivity index (χ4n) is 3.46. The van der Waals surface area contributed by atoms with E-state index in [9.17, 15) is 0 Å². The molecule has 3 aromatic heterocycles. The molecule has 4 heterocycles. The van der Waals surface area contributed by atoms with Crippen molar-refractivity contribution < 1.29 is 4.74 Å². The number of aromatic nitrogens is 4. The number of thiazole rings is 1. The van der Waals surface area contributed by atoms with Gasteiger partial charge in [0.25, 0.3) is 0 Å². The third kappa shape index (κ3) is 4.21. The second-order valence-electron chi connectivity index (χ2n) is 7.25. The maximum absolute atomic E-state index is 5.22. The first-order chi connectivity index (χ1) is 14.2. The molecular weight excluding hydrogens is 382 g/mol. The molecule has 0 unspecified atom stereocenters. The van der Waals surface area contributed by atoms with Gasteiger partial charge in [0.05, 0.1) is 11.1 Å². The molecule has 0 saturated carbocycles. The van der Waals surface area contributed by atoms with Crippen LogP contribution in [0.4, 0.5) is 5.82 Å². The number of rotatable bonds is 6. The van der Waals surface area contributed by atoms with Crippen molar-refractivity contribution in [1.29, 1.82) is 0 Å². The maximum atomic E-state index is 5.22. The zero-order chi connectivity index (χ0) is 20.2. The van der Waals surface area contributed by atoms with Gasteiger partial charge < -0.3 is 9.64 Å². The summed E-state index contributed by atoms with van der Waals surface area (Å²) in [5, 5.41) is 0.937. The molecule has 1 aliphatic heterocycles. The number of hydrogen-bond donors (Lipinski definition) is 0. The largest absolute Gasteiger partial charge is 0.384 e. The fourth-order valence-corrected chi connectivity index (χ4v) is 4.32. The van der Waals surface area contributed by atoms with Gasteiger partial charge in [-0.1, -0.05) is 6.08 Å². The van der Waals surface area contributed by atoms with Crippen LogP contribution in [0.5, 0.6) is 0 Å². The highest BCUT2D eigenvalue weighted by Crippen LogP contribution is 2.36. The van der Waals surface area contributed by atoms with Crippen molar-refractivity contribution in [3.05, 3.63) is 48.7 Å². The molecule has 150 valence electrons. The van der Waals surface area contributed by atoms with Gasteiger partial charge in [0.15, 0.2) is 5.82 Å². The van der Waals surface area contributed by atoms with Crippen LogP contribution in [0.25, 0.3) is 26.7 Å². The van der Waals surface area contributed by atoms with Crippen molar-refractivity contribution >= 4 is 22.7 Å². The lowest BCUT2D eigenvalue weighted by Crippen LogP contribution is -2.36. The number of pyridine rings is 1. The van der Waals surface area contributed by atoms with Crippen LogP contribution >= 0.6 is 11.3 Å². The van der Waals surface area contributed by atoms with Crippen molar-refractivity contribution in [3.8, 4) is 21.1 Å². The first-order valence-electron chi connectivity index (χ1n) is 9.86. The lowest BCUT2D eigenvalue weighted by molar-refractivity contribution is 0.204. The van der Waals surface area contributed by atoms with Crippen molar-refractivity contribution in [2.45, 2.75) is 32.7 Å². The van der Waals surface area contributed by atoms with Crippen LogP contribution in [-0.4, -0.2) is 46.2 Å². The number of hydrogen-bond acceptors (Lipinski definition) is 7. The van der Waals surface area contributed by atoms with Crippen LogP contribution in [-0.2, 0) is 4.74 Å². The quantitative estimate of drug-likeness (QED) is 0.552. The highest BCUT2D eigenvalue weighted by atomic mass is 32.1. The molecule has 0 fully saturated rings.